The number of nitrogens with one attached hydrogen (secondary N) is 1. The van der Waals surface area contributed by atoms with Gasteiger partial charge >= 0.3 is 5.97 Å². The third kappa shape index (κ3) is 3.78. The maximum Gasteiger partial charge on any atom is 0.339 e. The molecule has 2 aromatic heterocycles. The van der Waals surface area contributed by atoms with Crippen LogP contribution in [0.4, 0.5) is 5.82 Å². The average molecular weight is 341 g/mol. The van der Waals surface area contributed by atoms with E-state index in [1.165, 1.54) is 5.56 Å². The molecule has 0 spiro atoms. The Morgan fingerprint density at radius 2 is 2.42 bits per heavy atom. The molecule has 0 saturated heterocycles. The largest absolute Gasteiger partial charge is 0.478 e. The smallest absolute Gasteiger partial charge is 0.339 e. The number of anilines is 1. The number of aromatic carboxylic acids is 1. The zero-order valence-electron chi connectivity index (χ0n) is 10.3. The quantitative estimate of drug-likeness (QED) is 0.872. The molecule has 0 fully saturated rings. The summed E-state index contributed by atoms with van der Waals surface area (Å²) in [6, 6.07) is 3.73. The Kier molecular flexibility index (Phi) is 4.55. The van der Waals surface area contributed by atoms with Crippen molar-refractivity contribution < 1.29 is 9.90 Å². The van der Waals surface area contributed by atoms with Gasteiger partial charge in [0.25, 0.3) is 0 Å². The van der Waals surface area contributed by atoms with Crippen LogP contribution >= 0.6 is 27.3 Å². The molecule has 0 saturated carbocycles. The number of nitrogens with zero attached hydrogens (tertiary/aromatic N) is 1. The van der Waals surface area contributed by atoms with Gasteiger partial charge in [0.05, 0.1) is 0 Å². The molecular formula is C13H13BrN2O2S. The fraction of sp³-hybridized carbons (Fsp3) is 0.231. The van der Waals surface area contributed by atoms with Crippen molar-refractivity contribution in [1.29, 1.82) is 0 Å². The van der Waals surface area contributed by atoms with Crippen molar-refractivity contribution in [3.05, 3.63) is 44.7 Å². The van der Waals surface area contributed by atoms with Crippen LogP contribution in [-0.2, 0) is 6.42 Å². The van der Waals surface area contributed by atoms with Crippen LogP contribution < -0.4 is 5.32 Å². The Bertz CT molecular complexity index is 572. The van der Waals surface area contributed by atoms with Gasteiger partial charge in [0.2, 0.25) is 0 Å². The van der Waals surface area contributed by atoms with Crippen LogP contribution in [0.25, 0.3) is 0 Å². The number of rotatable bonds is 5. The van der Waals surface area contributed by atoms with Gasteiger partial charge in [0, 0.05) is 16.7 Å². The third-order valence-corrected chi connectivity index (χ3v) is 3.76. The first-order valence-corrected chi connectivity index (χ1v) is 7.46. The summed E-state index contributed by atoms with van der Waals surface area (Å²) in [7, 11) is 0. The highest BCUT2D eigenvalue weighted by atomic mass is 79.9. The maximum absolute atomic E-state index is 11.2. The van der Waals surface area contributed by atoms with Gasteiger partial charge < -0.3 is 10.4 Å². The molecule has 0 aliphatic carbocycles. The summed E-state index contributed by atoms with van der Waals surface area (Å²) in [6.45, 7) is 2.01. The molecule has 19 heavy (non-hydrogen) atoms. The molecule has 2 aromatic rings. The number of halogens is 1. The van der Waals surface area contributed by atoms with E-state index in [0.29, 0.717) is 10.3 Å². The van der Waals surface area contributed by atoms with Crippen molar-refractivity contribution in [3.8, 4) is 0 Å². The summed E-state index contributed by atoms with van der Waals surface area (Å²) in [5, 5.41) is 16.4. The molecule has 0 aliphatic heterocycles. The number of carboxylic acids is 1. The monoisotopic (exact) mass is 340 g/mol. The maximum atomic E-state index is 11.2. The molecule has 0 radical (unpaired) electrons. The van der Waals surface area contributed by atoms with Crippen LogP contribution in [0.1, 0.15) is 22.8 Å². The van der Waals surface area contributed by atoms with Gasteiger partial charge in [0.15, 0.2) is 0 Å². The number of aromatic nitrogens is 1. The second-order valence-corrected chi connectivity index (χ2v) is 5.93. The summed E-state index contributed by atoms with van der Waals surface area (Å²) < 4.78 is 0.654. The summed E-state index contributed by atoms with van der Waals surface area (Å²) in [4.78, 5) is 15.3. The van der Waals surface area contributed by atoms with Gasteiger partial charge in [-0.15, -0.1) is 0 Å². The first-order valence-electron chi connectivity index (χ1n) is 5.72. The van der Waals surface area contributed by atoms with Crippen molar-refractivity contribution >= 4 is 39.1 Å². The molecule has 2 rings (SSSR count). The van der Waals surface area contributed by atoms with E-state index in [1.807, 2.05) is 12.3 Å². The average Bonchev–Trinajstić information content (AvgIpc) is 2.83. The third-order valence-electron chi connectivity index (χ3n) is 2.59. The molecule has 6 heteroatoms. The van der Waals surface area contributed by atoms with Gasteiger partial charge in [-0.2, -0.15) is 11.3 Å². The number of hydrogen-bond acceptors (Lipinski definition) is 4. The van der Waals surface area contributed by atoms with Crippen LogP contribution in [-0.4, -0.2) is 22.1 Å². The summed E-state index contributed by atoms with van der Waals surface area (Å²) in [5.74, 6) is -0.586. The van der Waals surface area contributed by atoms with E-state index >= 15 is 0 Å². The van der Waals surface area contributed by atoms with Crippen LogP contribution in [0.3, 0.4) is 0 Å². The van der Waals surface area contributed by atoms with E-state index in [-0.39, 0.29) is 11.6 Å². The Morgan fingerprint density at radius 1 is 1.63 bits per heavy atom. The lowest BCUT2D eigenvalue weighted by atomic mass is 10.1. The topological polar surface area (TPSA) is 62.2 Å². The SMILES string of the molecule is CC(Cc1ccsc1)Nc1ncc(Br)cc1C(=O)O. The highest BCUT2D eigenvalue weighted by Gasteiger charge is 2.14. The number of pyridine rings is 1. The normalized spacial score (nSPS) is 12.1. The fourth-order valence-electron chi connectivity index (χ4n) is 1.76. The van der Waals surface area contributed by atoms with Gasteiger partial charge in [-0.05, 0) is 57.7 Å². The molecule has 4 nitrogen and oxygen atoms in total. The van der Waals surface area contributed by atoms with E-state index in [9.17, 15) is 4.79 Å². The molecule has 0 aromatic carbocycles. The van der Waals surface area contributed by atoms with Gasteiger partial charge in [0.1, 0.15) is 11.4 Å². The summed E-state index contributed by atoms with van der Waals surface area (Å²) in [5.41, 5.74) is 1.41. The van der Waals surface area contributed by atoms with Crippen molar-refractivity contribution in [3.63, 3.8) is 0 Å². The van der Waals surface area contributed by atoms with Crippen LogP contribution in [0.15, 0.2) is 33.6 Å². The Morgan fingerprint density at radius 3 is 3.05 bits per heavy atom. The van der Waals surface area contributed by atoms with E-state index in [0.717, 1.165) is 6.42 Å². The van der Waals surface area contributed by atoms with Gasteiger partial charge in [-0.1, -0.05) is 0 Å². The lowest BCUT2D eigenvalue weighted by Crippen LogP contribution is -2.20. The number of thiophene rings is 1. The lowest BCUT2D eigenvalue weighted by Gasteiger charge is -2.15. The van der Waals surface area contributed by atoms with Crippen LogP contribution in [0.2, 0.25) is 0 Å². The van der Waals surface area contributed by atoms with E-state index in [4.69, 9.17) is 5.11 Å². The zero-order chi connectivity index (χ0) is 13.8. The first-order chi connectivity index (χ1) is 9.06. The second-order valence-electron chi connectivity index (χ2n) is 4.24. The highest BCUT2D eigenvalue weighted by Crippen LogP contribution is 2.19. The molecular weight excluding hydrogens is 328 g/mol. The second kappa shape index (κ2) is 6.16. The molecule has 1 unspecified atom stereocenters. The van der Waals surface area contributed by atoms with Crippen LogP contribution in [0, 0.1) is 0 Å². The van der Waals surface area contributed by atoms with E-state index < -0.39 is 5.97 Å². The summed E-state index contributed by atoms with van der Waals surface area (Å²) in [6.07, 6.45) is 2.42. The van der Waals surface area contributed by atoms with E-state index in [1.54, 1.807) is 23.6 Å². The lowest BCUT2D eigenvalue weighted by molar-refractivity contribution is 0.0697. The Balaban J connectivity index is 2.12. The van der Waals surface area contributed by atoms with Crippen molar-refractivity contribution in [2.75, 3.05) is 5.32 Å². The minimum Gasteiger partial charge on any atom is -0.478 e. The van der Waals surface area contributed by atoms with Gasteiger partial charge in [-0.3, -0.25) is 0 Å². The molecule has 100 valence electrons. The zero-order valence-corrected chi connectivity index (χ0v) is 12.7. The predicted octanol–water partition coefficient (Wildman–Crippen LogP) is 3.65. The van der Waals surface area contributed by atoms with Crippen LogP contribution in [0.5, 0.6) is 0 Å². The minimum absolute atomic E-state index is 0.112. The predicted molar refractivity (Wildman–Crippen MR) is 80.0 cm³/mol. The molecule has 0 amide bonds. The fourth-order valence-corrected chi connectivity index (χ4v) is 2.78. The molecule has 2 heterocycles. The molecule has 2 N–H and O–H groups in total. The Hall–Kier alpha value is -1.40. The molecule has 0 bridgehead atoms. The van der Waals surface area contributed by atoms with Gasteiger partial charge in [-0.25, -0.2) is 9.78 Å². The number of hydrogen-bond donors (Lipinski definition) is 2. The highest BCUT2D eigenvalue weighted by molar-refractivity contribution is 9.10. The molecule has 1 atom stereocenters. The van der Waals surface area contributed by atoms with Crippen molar-refractivity contribution in [1.82, 2.24) is 4.98 Å². The first kappa shape index (κ1) is 14.0. The number of carbonyl (C=O) groups is 1. The van der Waals surface area contributed by atoms with Crippen molar-refractivity contribution in [2.45, 2.75) is 19.4 Å². The Labute approximate surface area is 123 Å². The molecule has 0 aliphatic rings. The standard InChI is InChI=1S/C13H13BrN2O2S/c1-8(4-9-2-3-19-7-9)16-12-11(13(17)18)5-10(14)6-15-12/h2-3,5-8H,4H2,1H3,(H,15,16)(H,17,18). The minimum atomic E-state index is -0.987. The van der Waals surface area contributed by atoms with E-state index in [2.05, 4.69) is 37.7 Å². The number of carboxylic acid groups (broad SMARTS) is 1. The van der Waals surface area contributed by atoms with Crippen molar-refractivity contribution in [2.24, 2.45) is 0 Å². The summed E-state index contributed by atoms with van der Waals surface area (Å²) >= 11 is 4.88.